The minimum Gasteiger partial charge on any atom is -0.327 e. The molecule has 10 heteroatoms. The lowest BCUT2D eigenvalue weighted by molar-refractivity contribution is 0.0393. The summed E-state index contributed by atoms with van der Waals surface area (Å²) in [6, 6.07) is 4.16. The van der Waals surface area contributed by atoms with Gasteiger partial charge in [-0.15, -0.1) is 0 Å². The largest absolute Gasteiger partial charge is 0.327 e. The number of amides is 1. The normalized spacial score (nSPS) is 19.5. The third kappa shape index (κ3) is 2.90. The van der Waals surface area contributed by atoms with E-state index in [0.29, 0.717) is 24.2 Å². The lowest BCUT2D eigenvalue weighted by atomic mass is 9.81. The number of nitrogens with zero attached hydrogens (tertiary/aromatic N) is 5. The number of rotatable bonds is 2. The molecule has 4 aromatic rings. The molecule has 2 bridgehead atoms. The number of carbonyl (C=O) groups is 1. The van der Waals surface area contributed by atoms with Gasteiger partial charge in [0.15, 0.2) is 17.5 Å². The van der Waals surface area contributed by atoms with Crippen molar-refractivity contribution in [2.75, 3.05) is 0 Å². The van der Waals surface area contributed by atoms with Crippen molar-refractivity contribution in [3.63, 3.8) is 0 Å². The molecule has 6 nitrogen and oxygen atoms in total. The molecule has 0 saturated carbocycles. The second-order valence-electron chi connectivity index (χ2n) is 8.81. The van der Waals surface area contributed by atoms with E-state index in [1.165, 1.54) is 27.5 Å². The van der Waals surface area contributed by atoms with E-state index in [1.54, 1.807) is 18.1 Å². The molecule has 0 N–H and O–H groups in total. The van der Waals surface area contributed by atoms with Gasteiger partial charge in [0, 0.05) is 30.4 Å². The fourth-order valence-electron chi connectivity index (χ4n) is 5.50. The first-order valence-corrected chi connectivity index (χ1v) is 11.0. The summed E-state index contributed by atoms with van der Waals surface area (Å²) in [7, 11) is 1.66. The summed E-state index contributed by atoms with van der Waals surface area (Å²) in [5.74, 6) is -4.92. The lowest BCUT2D eigenvalue weighted by Gasteiger charge is -2.45. The molecule has 6 rings (SSSR count). The Morgan fingerprint density at radius 1 is 1.09 bits per heavy atom. The minimum atomic E-state index is -1.52. The molecule has 0 unspecified atom stereocenters. The van der Waals surface area contributed by atoms with Crippen LogP contribution in [0.15, 0.2) is 36.7 Å². The van der Waals surface area contributed by atoms with Crippen molar-refractivity contribution in [1.82, 2.24) is 24.3 Å². The standard InChI is InChI=1S/C24H19F4N5O/c1-31-22(12-8-17(26)20(28)18(27)9-12)14-10-13-4-2-6-19(21(14)30-31)33(13)24(34)15-11-29-32-7-3-5-16(25)23(15)32/h3,5,7-9,11,13,19H,2,4,6,10H2,1H3/t13-,19+/m0/s1. The van der Waals surface area contributed by atoms with Gasteiger partial charge in [0.05, 0.1) is 29.2 Å². The number of halogens is 4. The first-order chi connectivity index (χ1) is 16.3. The van der Waals surface area contributed by atoms with Gasteiger partial charge in [-0.2, -0.15) is 10.2 Å². The van der Waals surface area contributed by atoms with Crippen molar-refractivity contribution in [3.8, 4) is 11.3 Å². The molecule has 174 valence electrons. The summed E-state index contributed by atoms with van der Waals surface area (Å²) in [5, 5.41) is 8.74. The van der Waals surface area contributed by atoms with Crippen molar-refractivity contribution >= 4 is 11.4 Å². The summed E-state index contributed by atoms with van der Waals surface area (Å²) >= 11 is 0. The predicted octanol–water partition coefficient (Wildman–Crippen LogP) is 4.58. The summed E-state index contributed by atoms with van der Waals surface area (Å²) in [6.45, 7) is 0. The molecule has 2 aliphatic rings. The van der Waals surface area contributed by atoms with Crippen LogP contribution in [0.1, 0.15) is 46.9 Å². The van der Waals surface area contributed by atoms with Crippen molar-refractivity contribution in [2.24, 2.45) is 7.05 Å². The van der Waals surface area contributed by atoms with E-state index in [4.69, 9.17) is 0 Å². The van der Waals surface area contributed by atoms with Crippen molar-refractivity contribution in [3.05, 3.63) is 76.7 Å². The fraction of sp³-hybridized carbons (Fsp3) is 0.292. The van der Waals surface area contributed by atoms with E-state index in [1.807, 2.05) is 0 Å². The van der Waals surface area contributed by atoms with Crippen molar-refractivity contribution in [2.45, 2.75) is 37.8 Å². The maximum Gasteiger partial charge on any atom is 0.258 e. The Labute approximate surface area is 191 Å². The quantitative estimate of drug-likeness (QED) is 0.319. The van der Waals surface area contributed by atoms with Gasteiger partial charge in [-0.25, -0.2) is 22.1 Å². The summed E-state index contributed by atoms with van der Waals surface area (Å²) < 4.78 is 58.9. The Kier molecular flexibility index (Phi) is 4.55. The lowest BCUT2D eigenvalue weighted by Crippen LogP contribution is -2.49. The number of benzene rings is 1. The van der Waals surface area contributed by atoms with Crippen LogP contribution in [-0.4, -0.2) is 36.2 Å². The highest BCUT2D eigenvalue weighted by atomic mass is 19.2. The number of piperidine rings is 1. The Morgan fingerprint density at radius 3 is 2.62 bits per heavy atom. The van der Waals surface area contributed by atoms with Gasteiger partial charge in [-0.05, 0) is 49.9 Å². The highest BCUT2D eigenvalue weighted by Gasteiger charge is 2.44. The number of fused-ring (bicyclic) bond motifs is 5. The summed E-state index contributed by atoms with van der Waals surface area (Å²) in [5.41, 5.74) is 2.42. The maximum absolute atomic E-state index is 14.5. The van der Waals surface area contributed by atoms with Gasteiger partial charge in [-0.3, -0.25) is 9.48 Å². The highest BCUT2D eigenvalue weighted by Crippen LogP contribution is 2.45. The second kappa shape index (κ2) is 7.41. The van der Waals surface area contributed by atoms with Crippen LogP contribution >= 0.6 is 0 Å². The average Bonchev–Trinajstić information content (AvgIpc) is 3.38. The average molecular weight is 469 g/mol. The van der Waals surface area contributed by atoms with Crippen LogP contribution in [0.4, 0.5) is 17.6 Å². The van der Waals surface area contributed by atoms with Crippen molar-refractivity contribution in [1.29, 1.82) is 0 Å². The molecule has 0 radical (unpaired) electrons. The van der Waals surface area contributed by atoms with E-state index < -0.39 is 23.3 Å². The first-order valence-electron chi connectivity index (χ1n) is 11.0. The maximum atomic E-state index is 14.5. The zero-order valence-corrected chi connectivity index (χ0v) is 18.1. The van der Waals surface area contributed by atoms with Gasteiger partial charge >= 0.3 is 0 Å². The van der Waals surface area contributed by atoms with Gasteiger partial charge in [-0.1, -0.05) is 0 Å². The third-order valence-corrected chi connectivity index (χ3v) is 6.89. The summed E-state index contributed by atoms with van der Waals surface area (Å²) in [6.07, 6.45) is 5.63. The molecule has 2 atom stereocenters. The zero-order valence-electron chi connectivity index (χ0n) is 18.1. The van der Waals surface area contributed by atoms with E-state index in [9.17, 15) is 22.4 Å². The van der Waals surface area contributed by atoms with Gasteiger partial charge in [0.2, 0.25) is 0 Å². The van der Waals surface area contributed by atoms with E-state index in [2.05, 4.69) is 10.2 Å². The Bertz CT molecular complexity index is 1450. The fourth-order valence-corrected chi connectivity index (χ4v) is 5.50. The molecule has 1 amide bonds. The van der Waals surface area contributed by atoms with Crippen LogP contribution in [-0.2, 0) is 13.5 Å². The molecule has 34 heavy (non-hydrogen) atoms. The van der Waals surface area contributed by atoms with Crippen LogP contribution in [0.3, 0.4) is 0 Å². The molecule has 3 aromatic heterocycles. The number of pyridine rings is 1. The Hall–Kier alpha value is -3.69. The van der Waals surface area contributed by atoms with Crippen LogP contribution in [0.25, 0.3) is 16.8 Å². The van der Waals surface area contributed by atoms with E-state index in [0.717, 1.165) is 30.5 Å². The molecule has 1 aromatic carbocycles. The zero-order chi connectivity index (χ0) is 23.7. The molecule has 1 fully saturated rings. The van der Waals surface area contributed by atoms with Crippen LogP contribution in [0, 0.1) is 23.3 Å². The van der Waals surface area contributed by atoms with Gasteiger partial charge < -0.3 is 4.90 Å². The molecular formula is C24H19F4N5O. The minimum absolute atomic E-state index is 0.121. The van der Waals surface area contributed by atoms with E-state index >= 15 is 0 Å². The Morgan fingerprint density at radius 2 is 1.85 bits per heavy atom. The molecule has 5 heterocycles. The molecule has 2 aliphatic heterocycles. The van der Waals surface area contributed by atoms with Crippen molar-refractivity contribution < 1.29 is 22.4 Å². The third-order valence-electron chi connectivity index (χ3n) is 6.89. The number of hydrogen-bond donors (Lipinski definition) is 0. The highest BCUT2D eigenvalue weighted by molar-refractivity contribution is 6.01. The Balaban J connectivity index is 1.46. The number of carbonyl (C=O) groups excluding carboxylic acids is 1. The number of aromatic nitrogens is 4. The second-order valence-corrected chi connectivity index (χ2v) is 8.81. The van der Waals surface area contributed by atoms with Crippen LogP contribution < -0.4 is 0 Å². The summed E-state index contributed by atoms with van der Waals surface area (Å²) in [4.78, 5) is 15.4. The number of aryl methyl sites for hydroxylation is 1. The molecule has 0 spiro atoms. The smallest absolute Gasteiger partial charge is 0.258 e. The molecule has 1 saturated heterocycles. The number of hydrogen-bond acceptors (Lipinski definition) is 3. The van der Waals surface area contributed by atoms with Crippen LogP contribution in [0.2, 0.25) is 0 Å². The van der Waals surface area contributed by atoms with Crippen LogP contribution in [0.5, 0.6) is 0 Å². The SMILES string of the molecule is Cn1nc2c(c1-c1cc(F)c(F)c(F)c1)C[C@@H]1CCC[C@H]2N1C(=O)c1cnn2cccc(F)c12. The van der Waals surface area contributed by atoms with Gasteiger partial charge in [0.1, 0.15) is 11.3 Å². The first kappa shape index (κ1) is 20.9. The van der Waals surface area contributed by atoms with E-state index in [-0.39, 0.29) is 34.6 Å². The topological polar surface area (TPSA) is 55.4 Å². The predicted molar refractivity (Wildman–Crippen MR) is 114 cm³/mol. The molecular weight excluding hydrogens is 450 g/mol. The monoisotopic (exact) mass is 469 g/mol. The van der Waals surface area contributed by atoms with Gasteiger partial charge in [0.25, 0.3) is 5.91 Å². The molecule has 0 aliphatic carbocycles.